The predicted molar refractivity (Wildman–Crippen MR) is 88.7 cm³/mol. The second-order valence-electron chi connectivity index (χ2n) is 5.74. The van der Waals surface area contributed by atoms with Crippen LogP contribution >= 0.6 is 12.4 Å². The van der Waals surface area contributed by atoms with E-state index >= 15 is 0 Å². The van der Waals surface area contributed by atoms with Crippen LogP contribution in [0.25, 0.3) is 10.9 Å². The average Bonchev–Trinajstić information content (AvgIpc) is 2.89. The maximum atomic E-state index is 12.1. The number of aromatic nitrogens is 1. The van der Waals surface area contributed by atoms with Crippen LogP contribution in [0.3, 0.4) is 0 Å². The van der Waals surface area contributed by atoms with E-state index < -0.39 is 0 Å². The van der Waals surface area contributed by atoms with Crippen molar-refractivity contribution in [3.8, 4) is 0 Å². The topological polar surface area (TPSA) is 70.9 Å². The first-order chi connectivity index (χ1) is 9.72. The van der Waals surface area contributed by atoms with Gasteiger partial charge in [0.2, 0.25) is 5.91 Å². The highest BCUT2D eigenvalue weighted by Gasteiger charge is 2.24. The molecule has 1 saturated carbocycles. The van der Waals surface area contributed by atoms with Gasteiger partial charge in [0.15, 0.2) is 0 Å². The second kappa shape index (κ2) is 6.96. The van der Waals surface area contributed by atoms with E-state index in [4.69, 9.17) is 5.73 Å². The van der Waals surface area contributed by atoms with Crippen molar-refractivity contribution >= 4 is 34.9 Å². The van der Waals surface area contributed by atoms with Crippen LogP contribution in [0, 0.1) is 5.92 Å². The van der Waals surface area contributed by atoms with Crippen LogP contribution < -0.4 is 11.1 Å². The molecule has 2 unspecified atom stereocenters. The Morgan fingerprint density at radius 3 is 2.90 bits per heavy atom. The lowest BCUT2D eigenvalue weighted by molar-refractivity contribution is -0.117. The summed E-state index contributed by atoms with van der Waals surface area (Å²) in [5.74, 6) is 0.405. The maximum absolute atomic E-state index is 12.1. The zero-order chi connectivity index (χ0) is 13.9. The van der Waals surface area contributed by atoms with Gasteiger partial charge in [-0.25, -0.2) is 0 Å². The van der Waals surface area contributed by atoms with Gasteiger partial charge in [-0.3, -0.25) is 4.79 Å². The number of carbonyl (C=O) groups excluding carboxylic acids is 1. The molecule has 4 N–H and O–H groups in total. The monoisotopic (exact) mass is 307 g/mol. The lowest BCUT2D eigenvalue weighted by atomic mass is 9.83. The van der Waals surface area contributed by atoms with E-state index in [9.17, 15) is 4.79 Å². The summed E-state index contributed by atoms with van der Waals surface area (Å²) in [6.45, 7) is 0. The molecule has 21 heavy (non-hydrogen) atoms. The largest absolute Gasteiger partial charge is 0.361 e. The third-order valence-corrected chi connectivity index (χ3v) is 4.25. The minimum absolute atomic E-state index is 0. The minimum Gasteiger partial charge on any atom is -0.361 e. The van der Waals surface area contributed by atoms with Crippen molar-refractivity contribution in [2.45, 2.75) is 38.1 Å². The molecule has 0 bridgehead atoms. The number of anilines is 1. The summed E-state index contributed by atoms with van der Waals surface area (Å²) in [5.41, 5.74) is 8.03. The Labute approximate surface area is 130 Å². The molecule has 1 aromatic carbocycles. The van der Waals surface area contributed by atoms with Crippen LogP contribution in [-0.4, -0.2) is 16.9 Å². The van der Waals surface area contributed by atoms with Gasteiger partial charge in [0.05, 0.1) is 0 Å². The van der Waals surface area contributed by atoms with Crippen LogP contribution in [0.1, 0.15) is 32.1 Å². The number of hydrogen-bond donors (Lipinski definition) is 3. The number of halogens is 1. The van der Waals surface area contributed by atoms with E-state index in [1.807, 2.05) is 30.5 Å². The SMILES string of the molecule is Cl.NC1CCCCC1CC(=O)Nc1ccc2[nH]ccc2c1. The smallest absolute Gasteiger partial charge is 0.224 e. The number of nitrogens with two attached hydrogens (primary N) is 1. The van der Waals surface area contributed by atoms with E-state index in [1.165, 1.54) is 12.8 Å². The molecule has 1 aromatic heterocycles. The van der Waals surface area contributed by atoms with Crippen LogP contribution in [0.5, 0.6) is 0 Å². The van der Waals surface area contributed by atoms with Crippen LogP contribution in [0.2, 0.25) is 0 Å². The highest BCUT2D eigenvalue weighted by molar-refractivity contribution is 5.93. The molecule has 2 atom stereocenters. The quantitative estimate of drug-likeness (QED) is 0.813. The Morgan fingerprint density at radius 1 is 1.29 bits per heavy atom. The molecule has 1 aliphatic rings. The van der Waals surface area contributed by atoms with E-state index in [2.05, 4.69) is 10.3 Å². The van der Waals surface area contributed by atoms with E-state index in [0.717, 1.165) is 29.4 Å². The van der Waals surface area contributed by atoms with Gasteiger partial charge in [0, 0.05) is 35.2 Å². The molecular weight excluding hydrogens is 286 g/mol. The number of fused-ring (bicyclic) bond motifs is 1. The van der Waals surface area contributed by atoms with Crippen molar-refractivity contribution < 1.29 is 4.79 Å². The Hall–Kier alpha value is -1.52. The number of rotatable bonds is 3. The fourth-order valence-electron chi connectivity index (χ4n) is 3.07. The number of aromatic amines is 1. The molecule has 114 valence electrons. The molecule has 1 fully saturated rings. The number of H-pyrrole nitrogens is 1. The van der Waals surface area contributed by atoms with Crippen LogP contribution in [0.15, 0.2) is 30.5 Å². The summed E-state index contributed by atoms with van der Waals surface area (Å²) < 4.78 is 0. The van der Waals surface area contributed by atoms with E-state index in [-0.39, 0.29) is 24.4 Å². The lowest BCUT2D eigenvalue weighted by Crippen LogP contribution is -2.35. The van der Waals surface area contributed by atoms with Gasteiger partial charge in [-0.05, 0) is 43.0 Å². The Morgan fingerprint density at radius 2 is 2.10 bits per heavy atom. The molecule has 3 rings (SSSR count). The number of benzene rings is 1. The average molecular weight is 308 g/mol. The first-order valence-electron chi connectivity index (χ1n) is 7.35. The molecule has 5 heteroatoms. The fraction of sp³-hybridized carbons (Fsp3) is 0.438. The number of amides is 1. The van der Waals surface area contributed by atoms with Crippen molar-refractivity contribution in [3.05, 3.63) is 30.5 Å². The summed E-state index contributed by atoms with van der Waals surface area (Å²) in [7, 11) is 0. The van der Waals surface area contributed by atoms with Crippen LogP contribution in [-0.2, 0) is 4.79 Å². The van der Waals surface area contributed by atoms with Gasteiger partial charge in [-0.2, -0.15) is 0 Å². The van der Waals surface area contributed by atoms with Gasteiger partial charge in [0.25, 0.3) is 0 Å². The fourth-order valence-corrected chi connectivity index (χ4v) is 3.07. The van der Waals surface area contributed by atoms with Gasteiger partial charge >= 0.3 is 0 Å². The predicted octanol–water partition coefficient (Wildman–Crippen LogP) is 3.44. The highest BCUT2D eigenvalue weighted by Crippen LogP contribution is 2.26. The second-order valence-corrected chi connectivity index (χ2v) is 5.74. The molecule has 2 aromatic rings. The van der Waals surface area contributed by atoms with Crippen LogP contribution in [0.4, 0.5) is 5.69 Å². The molecule has 4 nitrogen and oxygen atoms in total. The first-order valence-corrected chi connectivity index (χ1v) is 7.35. The molecule has 0 aliphatic heterocycles. The molecule has 0 saturated heterocycles. The third-order valence-electron chi connectivity index (χ3n) is 4.25. The molecule has 1 aliphatic carbocycles. The van der Waals surface area contributed by atoms with E-state index in [1.54, 1.807) is 0 Å². The Bertz CT molecular complexity index is 610. The van der Waals surface area contributed by atoms with Gasteiger partial charge < -0.3 is 16.0 Å². The molecule has 0 radical (unpaired) electrons. The third kappa shape index (κ3) is 3.77. The van der Waals surface area contributed by atoms with Gasteiger partial charge in [-0.1, -0.05) is 12.8 Å². The van der Waals surface area contributed by atoms with Crippen molar-refractivity contribution in [1.82, 2.24) is 4.98 Å². The maximum Gasteiger partial charge on any atom is 0.224 e. The van der Waals surface area contributed by atoms with Crippen molar-refractivity contribution in [3.63, 3.8) is 0 Å². The summed E-state index contributed by atoms with van der Waals surface area (Å²) in [4.78, 5) is 15.3. The highest BCUT2D eigenvalue weighted by atomic mass is 35.5. The first kappa shape index (κ1) is 15.9. The summed E-state index contributed by atoms with van der Waals surface area (Å²) in [5, 5.41) is 4.09. The van der Waals surface area contributed by atoms with Gasteiger partial charge in [-0.15, -0.1) is 12.4 Å². The van der Waals surface area contributed by atoms with Crippen molar-refractivity contribution in [2.75, 3.05) is 5.32 Å². The lowest BCUT2D eigenvalue weighted by Gasteiger charge is -2.27. The zero-order valence-corrected chi connectivity index (χ0v) is 12.8. The molecular formula is C16H22ClN3O. The summed E-state index contributed by atoms with van der Waals surface area (Å²) in [6.07, 6.45) is 6.95. The minimum atomic E-state index is 0. The Kier molecular flexibility index (Phi) is 5.26. The molecule has 1 heterocycles. The van der Waals surface area contributed by atoms with Crippen molar-refractivity contribution in [1.29, 1.82) is 0 Å². The zero-order valence-electron chi connectivity index (χ0n) is 12.0. The normalized spacial score (nSPS) is 21.8. The number of hydrogen-bond acceptors (Lipinski definition) is 2. The molecule has 1 amide bonds. The summed E-state index contributed by atoms with van der Waals surface area (Å²) in [6, 6.07) is 8.09. The van der Waals surface area contributed by atoms with Gasteiger partial charge in [0.1, 0.15) is 0 Å². The van der Waals surface area contributed by atoms with E-state index in [0.29, 0.717) is 12.3 Å². The standard InChI is InChI=1S/C16H21N3O.ClH/c17-14-4-2-1-3-11(14)10-16(20)19-13-5-6-15-12(9-13)7-8-18-15;/h5-9,11,14,18H,1-4,10,17H2,(H,19,20);1H. The summed E-state index contributed by atoms with van der Waals surface area (Å²) >= 11 is 0. The number of nitrogens with one attached hydrogen (secondary N) is 2. The molecule has 0 spiro atoms. The number of carbonyl (C=O) groups is 1. The Balaban J connectivity index is 0.00000161. The van der Waals surface area contributed by atoms with Crippen molar-refractivity contribution in [2.24, 2.45) is 11.7 Å².